The first-order valence-corrected chi connectivity index (χ1v) is 9.85. The van der Waals surface area contributed by atoms with E-state index in [1.165, 1.54) is 0 Å². The second-order valence-corrected chi connectivity index (χ2v) is 7.86. The van der Waals surface area contributed by atoms with Gasteiger partial charge in [-0.1, -0.05) is 11.6 Å². The fourth-order valence-corrected chi connectivity index (χ4v) is 3.97. The number of carbonyl (C=O) groups is 2. The lowest BCUT2D eigenvalue weighted by Gasteiger charge is -2.41. The maximum atomic E-state index is 12.6. The third kappa shape index (κ3) is 3.77. The summed E-state index contributed by atoms with van der Waals surface area (Å²) >= 11 is 0. The topological polar surface area (TPSA) is 71.8 Å². The van der Waals surface area contributed by atoms with Gasteiger partial charge in [-0.2, -0.15) is 0 Å². The molecule has 1 aromatic carbocycles. The van der Waals surface area contributed by atoms with Gasteiger partial charge < -0.3 is 19.4 Å². The molecule has 6 heteroatoms. The molecule has 1 aromatic heterocycles. The predicted octanol–water partition coefficient (Wildman–Crippen LogP) is 3.01. The molecule has 1 fully saturated rings. The lowest BCUT2D eigenvalue weighted by Crippen LogP contribution is -2.54. The van der Waals surface area contributed by atoms with Crippen LogP contribution in [0.3, 0.4) is 0 Å². The van der Waals surface area contributed by atoms with Gasteiger partial charge in [0, 0.05) is 38.8 Å². The fourth-order valence-electron chi connectivity index (χ4n) is 3.97. The zero-order chi connectivity index (χ0) is 19.7. The molecule has 0 aliphatic carbocycles. The second-order valence-electron chi connectivity index (χ2n) is 7.86. The lowest BCUT2D eigenvalue weighted by atomic mass is 9.90. The van der Waals surface area contributed by atoms with Crippen molar-refractivity contribution in [3.8, 4) is 5.75 Å². The van der Waals surface area contributed by atoms with E-state index in [0.717, 1.165) is 17.1 Å². The van der Waals surface area contributed by atoms with E-state index in [-0.39, 0.29) is 11.8 Å². The normalized spacial score (nSPS) is 18.2. The third-order valence-electron chi connectivity index (χ3n) is 5.69. The molecule has 148 valence electrons. The van der Waals surface area contributed by atoms with Gasteiger partial charge in [0.15, 0.2) is 0 Å². The molecule has 2 aromatic rings. The van der Waals surface area contributed by atoms with Crippen LogP contribution in [0.2, 0.25) is 0 Å². The standard InChI is InChI=1S/C22H26N2O4/c1-15-3-7-19-18(13-15)21(26)23-14-22(28-19)9-11-24(12-10-22)20(25)8-6-17-5-4-16(2)27-17/h3-5,7,13H,6,8-12,14H2,1-2H3,(H,23,26). The molecule has 0 bridgehead atoms. The van der Waals surface area contributed by atoms with Crippen molar-refractivity contribution >= 4 is 11.8 Å². The molecule has 1 spiro atoms. The number of aryl methyl sites for hydroxylation is 3. The van der Waals surface area contributed by atoms with Crippen LogP contribution in [-0.4, -0.2) is 41.9 Å². The Morgan fingerprint density at radius 2 is 1.96 bits per heavy atom. The van der Waals surface area contributed by atoms with E-state index < -0.39 is 5.60 Å². The third-order valence-corrected chi connectivity index (χ3v) is 5.69. The molecule has 1 saturated heterocycles. The molecule has 2 aliphatic heterocycles. The van der Waals surface area contributed by atoms with Crippen molar-refractivity contribution in [3.05, 3.63) is 53.0 Å². The molecule has 2 aliphatic rings. The Morgan fingerprint density at radius 1 is 1.18 bits per heavy atom. The van der Waals surface area contributed by atoms with Crippen molar-refractivity contribution in [1.82, 2.24) is 10.2 Å². The summed E-state index contributed by atoms with van der Waals surface area (Å²) < 4.78 is 11.9. The van der Waals surface area contributed by atoms with E-state index in [2.05, 4.69) is 5.32 Å². The number of hydrogen-bond donors (Lipinski definition) is 1. The SMILES string of the molecule is Cc1ccc2c(c1)C(=O)NCC1(CCN(C(=O)CCc3ccc(C)o3)CC1)O2. The van der Waals surface area contributed by atoms with Gasteiger partial charge in [0.1, 0.15) is 22.9 Å². The first-order chi connectivity index (χ1) is 13.4. The largest absolute Gasteiger partial charge is 0.484 e. The maximum Gasteiger partial charge on any atom is 0.255 e. The molecule has 28 heavy (non-hydrogen) atoms. The van der Waals surface area contributed by atoms with Gasteiger partial charge >= 0.3 is 0 Å². The zero-order valence-corrected chi connectivity index (χ0v) is 16.4. The number of likely N-dealkylation sites (tertiary alicyclic amines) is 1. The summed E-state index contributed by atoms with van der Waals surface area (Å²) in [7, 11) is 0. The number of rotatable bonds is 3. The van der Waals surface area contributed by atoms with Gasteiger partial charge in [-0.15, -0.1) is 0 Å². The summed E-state index contributed by atoms with van der Waals surface area (Å²) in [5.41, 5.74) is 1.16. The highest BCUT2D eigenvalue weighted by Gasteiger charge is 2.40. The Balaban J connectivity index is 1.38. The van der Waals surface area contributed by atoms with Gasteiger partial charge in [-0.05, 0) is 38.1 Å². The summed E-state index contributed by atoms with van der Waals surface area (Å²) in [5.74, 6) is 2.39. The number of amides is 2. The minimum absolute atomic E-state index is 0.0946. The van der Waals surface area contributed by atoms with Crippen LogP contribution in [0, 0.1) is 13.8 Å². The molecule has 3 heterocycles. The number of piperidine rings is 1. The number of ether oxygens (including phenoxy) is 1. The molecule has 1 N–H and O–H groups in total. The summed E-state index contributed by atoms with van der Waals surface area (Å²) in [6.45, 7) is 5.59. The van der Waals surface area contributed by atoms with Crippen LogP contribution in [0.25, 0.3) is 0 Å². The highest BCUT2D eigenvalue weighted by Crippen LogP contribution is 2.33. The highest BCUT2D eigenvalue weighted by atomic mass is 16.5. The molecule has 6 nitrogen and oxygen atoms in total. The first-order valence-electron chi connectivity index (χ1n) is 9.85. The number of carbonyl (C=O) groups excluding carboxylic acids is 2. The van der Waals surface area contributed by atoms with Crippen LogP contribution in [0.15, 0.2) is 34.7 Å². The summed E-state index contributed by atoms with van der Waals surface area (Å²) in [6, 6.07) is 9.54. The monoisotopic (exact) mass is 382 g/mol. The molecule has 4 rings (SSSR count). The maximum absolute atomic E-state index is 12.6. The number of nitrogens with zero attached hydrogens (tertiary/aromatic N) is 1. The smallest absolute Gasteiger partial charge is 0.255 e. The quantitative estimate of drug-likeness (QED) is 0.886. The van der Waals surface area contributed by atoms with E-state index in [0.29, 0.717) is 56.6 Å². The van der Waals surface area contributed by atoms with Crippen LogP contribution >= 0.6 is 0 Å². The van der Waals surface area contributed by atoms with Crippen molar-refractivity contribution in [1.29, 1.82) is 0 Å². The molecule has 0 radical (unpaired) electrons. The Bertz CT molecular complexity index is 894. The molecule has 2 amide bonds. The number of nitrogens with one attached hydrogen (secondary N) is 1. The Labute approximate surface area is 164 Å². The number of fused-ring (bicyclic) bond motifs is 1. The van der Waals surface area contributed by atoms with E-state index in [1.54, 1.807) is 0 Å². The fraction of sp³-hybridized carbons (Fsp3) is 0.455. The second kappa shape index (κ2) is 7.34. The minimum Gasteiger partial charge on any atom is -0.484 e. The van der Waals surface area contributed by atoms with Gasteiger partial charge in [0.2, 0.25) is 5.91 Å². The number of benzene rings is 1. The Kier molecular flexibility index (Phi) is 4.87. The average molecular weight is 382 g/mol. The number of hydrogen-bond acceptors (Lipinski definition) is 4. The van der Waals surface area contributed by atoms with Crippen LogP contribution in [0.5, 0.6) is 5.75 Å². The average Bonchev–Trinajstić information content (AvgIpc) is 3.06. The molecule has 0 saturated carbocycles. The molecular weight excluding hydrogens is 356 g/mol. The van der Waals surface area contributed by atoms with Crippen molar-refractivity contribution in [2.75, 3.05) is 19.6 Å². The number of furan rings is 1. The van der Waals surface area contributed by atoms with E-state index in [1.807, 2.05) is 49.1 Å². The van der Waals surface area contributed by atoms with Gasteiger partial charge in [-0.25, -0.2) is 0 Å². The van der Waals surface area contributed by atoms with E-state index >= 15 is 0 Å². The Hall–Kier alpha value is -2.76. The van der Waals surface area contributed by atoms with Crippen molar-refractivity contribution in [2.45, 2.75) is 45.1 Å². The lowest BCUT2D eigenvalue weighted by molar-refractivity contribution is -0.134. The van der Waals surface area contributed by atoms with Crippen molar-refractivity contribution < 1.29 is 18.7 Å². The summed E-state index contributed by atoms with van der Waals surface area (Å²) in [6.07, 6.45) is 2.46. The molecule has 0 unspecified atom stereocenters. The van der Waals surface area contributed by atoms with E-state index in [4.69, 9.17) is 9.15 Å². The minimum atomic E-state index is -0.453. The van der Waals surface area contributed by atoms with Gasteiger partial charge in [0.05, 0.1) is 12.1 Å². The highest BCUT2D eigenvalue weighted by molar-refractivity contribution is 5.97. The molecule has 0 atom stereocenters. The molecular formula is C22H26N2O4. The van der Waals surface area contributed by atoms with Gasteiger partial charge in [0.25, 0.3) is 5.91 Å². The van der Waals surface area contributed by atoms with E-state index in [9.17, 15) is 9.59 Å². The van der Waals surface area contributed by atoms with Crippen molar-refractivity contribution in [2.24, 2.45) is 0 Å². The summed E-state index contributed by atoms with van der Waals surface area (Å²) in [5, 5.41) is 3.00. The van der Waals surface area contributed by atoms with Crippen LogP contribution in [-0.2, 0) is 11.2 Å². The Morgan fingerprint density at radius 3 is 2.68 bits per heavy atom. The zero-order valence-electron chi connectivity index (χ0n) is 16.4. The summed E-state index contributed by atoms with van der Waals surface area (Å²) in [4.78, 5) is 26.9. The van der Waals surface area contributed by atoms with Crippen LogP contribution in [0.4, 0.5) is 0 Å². The first kappa shape index (κ1) is 18.6. The van der Waals surface area contributed by atoms with Crippen LogP contribution in [0.1, 0.15) is 46.7 Å². The predicted molar refractivity (Wildman–Crippen MR) is 104 cm³/mol. The van der Waals surface area contributed by atoms with Crippen LogP contribution < -0.4 is 10.1 Å². The van der Waals surface area contributed by atoms with Gasteiger partial charge in [-0.3, -0.25) is 9.59 Å². The van der Waals surface area contributed by atoms with Crippen molar-refractivity contribution in [3.63, 3.8) is 0 Å².